The normalized spacial score (nSPS) is 31.6. The van der Waals surface area contributed by atoms with Gasteiger partial charge in [0.25, 0.3) is 0 Å². The van der Waals surface area contributed by atoms with Crippen molar-refractivity contribution < 1.29 is 9.53 Å². The minimum atomic E-state index is -1.70. The largest absolute Gasteiger partial charge is 0.415 e. The summed E-state index contributed by atoms with van der Waals surface area (Å²) < 4.78 is 6.19. The molecule has 2 atom stereocenters. The molecule has 0 radical (unpaired) electrons. The van der Waals surface area contributed by atoms with E-state index >= 15 is 0 Å². The van der Waals surface area contributed by atoms with Crippen molar-refractivity contribution >= 4 is 8.32 Å². The van der Waals surface area contributed by atoms with Gasteiger partial charge >= 0.3 is 0 Å². The third-order valence-electron chi connectivity index (χ3n) is 4.42. The van der Waals surface area contributed by atoms with Gasteiger partial charge in [-0.25, -0.2) is 0 Å². The van der Waals surface area contributed by atoms with Crippen LogP contribution in [0.15, 0.2) is 0 Å². The average molecular weight is 259 g/mol. The van der Waals surface area contributed by atoms with E-state index in [0.717, 1.165) is 19.4 Å². The Kier molecular flexibility index (Phi) is 4.45. The molecule has 1 rings (SSSR count). The van der Waals surface area contributed by atoms with E-state index in [9.17, 15) is 5.11 Å². The Bertz CT molecular complexity index is 259. The second kappa shape index (κ2) is 5.00. The smallest absolute Gasteiger partial charge is 0.192 e. The minimum Gasteiger partial charge on any atom is -0.415 e. The molecule has 1 heterocycles. The molecule has 0 aliphatic carbocycles. The Labute approximate surface area is 107 Å². The van der Waals surface area contributed by atoms with Crippen LogP contribution in [0.3, 0.4) is 0 Å². The van der Waals surface area contributed by atoms with Crippen LogP contribution in [0, 0.1) is 0 Å². The van der Waals surface area contributed by atoms with Crippen molar-refractivity contribution in [2.24, 2.45) is 0 Å². The van der Waals surface area contributed by atoms with Gasteiger partial charge in [-0.1, -0.05) is 20.8 Å². The lowest BCUT2D eigenvalue weighted by atomic mass is 9.88. The lowest BCUT2D eigenvalue weighted by Crippen LogP contribution is -2.57. The summed E-state index contributed by atoms with van der Waals surface area (Å²) in [6.45, 7) is 14.8. The number of aliphatic hydroxyl groups is 1. The molecule has 0 bridgehead atoms. The monoisotopic (exact) mass is 259 g/mol. The first-order valence-electron chi connectivity index (χ1n) is 6.66. The van der Waals surface area contributed by atoms with Crippen LogP contribution < -0.4 is 5.32 Å². The highest BCUT2D eigenvalue weighted by molar-refractivity contribution is 6.74. The van der Waals surface area contributed by atoms with Gasteiger partial charge in [0.2, 0.25) is 0 Å². The van der Waals surface area contributed by atoms with Gasteiger partial charge in [-0.3, -0.25) is 0 Å². The molecule has 0 unspecified atom stereocenters. The van der Waals surface area contributed by atoms with E-state index in [2.05, 4.69) is 39.2 Å². The molecule has 0 aromatic rings. The highest BCUT2D eigenvalue weighted by atomic mass is 28.4. The maximum absolute atomic E-state index is 10.3. The third-order valence-corrected chi connectivity index (χ3v) is 8.92. The lowest BCUT2D eigenvalue weighted by Gasteiger charge is -2.42. The molecular weight excluding hydrogens is 230 g/mol. The predicted molar refractivity (Wildman–Crippen MR) is 74.8 cm³/mol. The lowest BCUT2D eigenvalue weighted by molar-refractivity contribution is -0.0227. The van der Waals surface area contributed by atoms with Crippen molar-refractivity contribution in [2.75, 3.05) is 13.2 Å². The van der Waals surface area contributed by atoms with Crippen LogP contribution in [-0.2, 0) is 4.43 Å². The second-order valence-corrected chi connectivity index (χ2v) is 11.8. The van der Waals surface area contributed by atoms with Crippen LogP contribution in [0.5, 0.6) is 0 Å². The summed E-state index contributed by atoms with van der Waals surface area (Å²) in [6.07, 6.45) is 1.91. The third kappa shape index (κ3) is 3.78. The molecule has 1 aliphatic rings. The standard InChI is InChI=1S/C13H29NO2Si/c1-12(2,3)17(5,6)16-10-11-13(4,15)8-7-9-14-11/h11,14-15H,7-10H2,1-6H3/t11-,13+/m1/s1. The molecule has 2 N–H and O–H groups in total. The van der Waals surface area contributed by atoms with E-state index in [4.69, 9.17) is 4.43 Å². The zero-order valence-corrected chi connectivity index (χ0v) is 13.3. The fourth-order valence-corrected chi connectivity index (χ4v) is 2.88. The van der Waals surface area contributed by atoms with E-state index in [0.29, 0.717) is 6.61 Å². The Morgan fingerprint density at radius 1 is 1.41 bits per heavy atom. The number of hydrogen-bond acceptors (Lipinski definition) is 3. The summed E-state index contributed by atoms with van der Waals surface area (Å²) in [4.78, 5) is 0. The van der Waals surface area contributed by atoms with Gasteiger partial charge in [0.05, 0.1) is 18.2 Å². The number of piperidine rings is 1. The van der Waals surface area contributed by atoms with Gasteiger partial charge in [0.15, 0.2) is 8.32 Å². The van der Waals surface area contributed by atoms with Gasteiger partial charge in [-0.05, 0) is 44.4 Å². The maximum atomic E-state index is 10.3. The van der Waals surface area contributed by atoms with E-state index < -0.39 is 13.9 Å². The molecular formula is C13H29NO2Si. The SMILES string of the molecule is CC(C)(C)[Si](C)(C)OC[C@H]1NCCC[C@]1(C)O. The summed E-state index contributed by atoms with van der Waals surface area (Å²) in [6, 6.07) is 0.0744. The van der Waals surface area contributed by atoms with Crippen molar-refractivity contribution in [3.63, 3.8) is 0 Å². The summed E-state index contributed by atoms with van der Waals surface area (Å²) in [5, 5.41) is 13.9. The Hall–Kier alpha value is 0.0969. The maximum Gasteiger partial charge on any atom is 0.192 e. The Morgan fingerprint density at radius 2 is 2.00 bits per heavy atom. The number of hydrogen-bond donors (Lipinski definition) is 2. The van der Waals surface area contributed by atoms with Crippen molar-refractivity contribution in [2.45, 2.75) is 70.3 Å². The van der Waals surface area contributed by atoms with E-state index in [-0.39, 0.29) is 11.1 Å². The summed E-state index contributed by atoms with van der Waals surface area (Å²) in [5.41, 5.74) is -0.624. The van der Waals surface area contributed by atoms with E-state index in [1.165, 1.54) is 0 Å². The van der Waals surface area contributed by atoms with Gasteiger partial charge in [-0.2, -0.15) is 0 Å². The second-order valence-electron chi connectivity index (χ2n) is 7.04. The van der Waals surface area contributed by atoms with Gasteiger partial charge in [0, 0.05) is 0 Å². The van der Waals surface area contributed by atoms with Gasteiger partial charge in [0.1, 0.15) is 0 Å². The highest BCUT2D eigenvalue weighted by Crippen LogP contribution is 2.37. The van der Waals surface area contributed by atoms with Crippen molar-refractivity contribution in [1.29, 1.82) is 0 Å². The Morgan fingerprint density at radius 3 is 2.47 bits per heavy atom. The Balaban J connectivity index is 2.55. The average Bonchev–Trinajstić information content (AvgIpc) is 2.13. The first kappa shape index (κ1) is 15.2. The molecule has 0 aromatic heterocycles. The summed E-state index contributed by atoms with van der Waals surface area (Å²) in [7, 11) is -1.70. The van der Waals surface area contributed by atoms with Crippen molar-refractivity contribution in [3.8, 4) is 0 Å². The molecule has 102 valence electrons. The predicted octanol–water partition coefficient (Wildman–Crippen LogP) is 2.51. The molecule has 0 aromatic carbocycles. The summed E-state index contributed by atoms with van der Waals surface area (Å²) >= 11 is 0. The molecule has 1 fully saturated rings. The van der Waals surface area contributed by atoms with E-state index in [1.807, 2.05) is 6.92 Å². The molecule has 1 aliphatic heterocycles. The number of rotatable bonds is 3. The molecule has 4 heteroatoms. The van der Waals surface area contributed by atoms with Crippen LogP contribution in [0.4, 0.5) is 0 Å². The zero-order valence-electron chi connectivity index (χ0n) is 12.3. The molecule has 17 heavy (non-hydrogen) atoms. The van der Waals surface area contributed by atoms with Crippen molar-refractivity contribution in [1.82, 2.24) is 5.32 Å². The van der Waals surface area contributed by atoms with Gasteiger partial charge < -0.3 is 14.8 Å². The highest BCUT2D eigenvalue weighted by Gasteiger charge is 2.40. The molecule has 1 saturated heterocycles. The van der Waals surface area contributed by atoms with Crippen LogP contribution in [-0.4, -0.2) is 38.2 Å². The quantitative estimate of drug-likeness (QED) is 0.765. The van der Waals surface area contributed by atoms with E-state index in [1.54, 1.807) is 0 Å². The molecule has 0 saturated carbocycles. The van der Waals surface area contributed by atoms with Crippen LogP contribution in [0.25, 0.3) is 0 Å². The zero-order chi connectivity index (χ0) is 13.3. The molecule has 3 nitrogen and oxygen atoms in total. The van der Waals surface area contributed by atoms with Crippen LogP contribution in [0.2, 0.25) is 18.1 Å². The van der Waals surface area contributed by atoms with Crippen LogP contribution >= 0.6 is 0 Å². The fraction of sp³-hybridized carbons (Fsp3) is 1.00. The first-order chi connectivity index (χ1) is 7.56. The fourth-order valence-electron chi connectivity index (χ4n) is 1.86. The summed E-state index contributed by atoms with van der Waals surface area (Å²) in [5.74, 6) is 0. The number of nitrogens with one attached hydrogen (secondary N) is 1. The minimum absolute atomic E-state index is 0.0744. The van der Waals surface area contributed by atoms with Gasteiger partial charge in [-0.15, -0.1) is 0 Å². The molecule has 0 amide bonds. The first-order valence-corrected chi connectivity index (χ1v) is 9.57. The topological polar surface area (TPSA) is 41.5 Å². The molecule has 0 spiro atoms. The van der Waals surface area contributed by atoms with Crippen LogP contribution in [0.1, 0.15) is 40.5 Å². The van der Waals surface area contributed by atoms with Crippen molar-refractivity contribution in [3.05, 3.63) is 0 Å².